The lowest BCUT2D eigenvalue weighted by molar-refractivity contribution is -0.118. The first kappa shape index (κ1) is 20.0. The average molecular weight is 391 g/mol. The Morgan fingerprint density at radius 3 is 2.55 bits per heavy atom. The van der Waals surface area contributed by atoms with E-state index in [-0.39, 0.29) is 23.9 Å². The van der Waals surface area contributed by atoms with Gasteiger partial charge in [-0.3, -0.25) is 14.4 Å². The number of anilines is 1. The van der Waals surface area contributed by atoms with E-state index in [2.05, 4.69) is 15.3 Å². The van der Waals surface area contributed by atoms with Crippen LogP contribution >= 0.6 is 0 Å². The van der Waals surface area contributed by atoms with Gasteiger partial charge in [0.05, 0.1) is 0 Å². The quantitative estimate of drug-likeness (QED) is 0.602. The Balaban J connectivity index is 1.65. The van der Waals surface area contributed by atoms with Gasteiger partial charge in [-0.05, 0) is 49.7 Å². The molecule has 0 saturated heterocycles. The summed E-state index contributed by atoms with van der Waals surface area (Å²) in [6.45, 7) is 3.24. The van der Waals surface area contributed by atoms with E-state index in [1.807, 2.05) is 6.92 Å². The van der Waals surface area contributed by atoms with E-state index >= 15 is 0 Å². The molecule has 0 unspecified atom stereocenters. The van der Waals surface area contributed by atoms with Crippen molar-refractivity contribution in [1.82, 2.24) is 9.97 Å². The minimum atomic E-state index is -0.332. The Hall–Kier alpha value is -3.74. The largest absolute Gasteiger partial charge is 0.484 e. The minimum absolute atomic E-state index is 0.0329. The predicted octanol–water partition coefficient (Wildman–Crippen LogP) is 3.22. The smallest absolute Gasteiger partial charge is 0.262 e. The fraction of sp³-hybridized carbons (Fsp3) is 0.182. The molecule has 3 rings (SSSR count). The topological polar surface area (TPSA) is 101 Å². The highest BCUT2D eigenvalue weighted by Gasteiger charge is 2.08. The highest BCUT2D eigenvalue weighted by Crippen LogP contribution is 2.19. The molecule has 0 aliphatic rings. The van der Waals surface area contributed by atoms with Crippen LogP contribution in [-0.2, 0) is 11.2 Å². The van der Waals surface area contributed by atoms with E-state index in [9.17, 15) is 14.4 Å². The number of amides is 1. The third-order valence-corrected chi connectivity index (χ3v) is 4.21. The highest BCUT2D eigenvalue weighted by molar-refractivity contribution is 5.94. The number of carbonyl (C=O) groups excluding carboxylic acids is 2. The number of ketones is 1. The van der Waals surface area contributed by atoms with Gasteiger partial charge in [-0.1, -0.05) is 19.1 Å². The molecule has 0 spiro atoms. The first-order valence-electron chi connectivity index (χ1n) is 9.19. The summed E-state index contributed by atoms with van der Waals surface area (Å²) in [6.07, 6.45) is 0.651. The SMILES string of the molecule is CCc1cc(=O)[nH]c(-c2cccc(NC(=O)COc3ccc(C(C)=O)cc3)c2)n1. The molecule has 0 saturated carbocycles. The van der Waals surface area contributed by atoms with E-state index in [1.165, 1.54) is 13.0 Å². The van der Waals surface area contributed by atoms with E-state index in [1.54, 1.807) is 48.5 Å². The van der Waals surface area contributed by atoms with Crippen LogP contribution < -0.4 is 15.6 Å². The molecule has 0 atom stereocenters. The van der Waals surface area contributed by atoms with Crippen LogP contribution in [0.15, 0.2) is 59.4 Å². The van der Waals surface area contributed by atoms with Crippen LogP contribution in [0.25, 0.3) is 11.4 Å². The van der Waals surface area contributed by atoms with Gasteiger partial charge in [-0.15, -0.1) is 0 Å². The number of nitrogens with one attached hydrogen (secondary N) is 2. The van der Waals surface area contributed by atoms with Crippen LogP contribution in [0.2, 0.25) is 0 Å². The summed E-state index contributed by atoms with van der Waals surface area (Å²) in [5.41, 5.74) is 2.31. The van der Waals surface area contributed by atoms with Crippen LogP contribution in [0.1, 0.15) is 29.9 Å². The maximum Gasteiger partial charge on any atom is 0.262 e. The molecule has 0 bridgehead atoms. The van der Waals surface area contributed by atoms with Gasteiger partial charge in [0.2, 0.25) is 0 Å². The molecule has 7 nitrogen and oxygen atoms in total. The summed E-state index contributed by atoms with van der Waals surface area (Å²) in [5.74, 6) is 0.584. The zero-order valence-electron chi connectivity index (χ0n) is 16.2. The summed E-state index contributed by atoms with van der Waals surface area (Å²) < 4.78 is 5.45. The second kappa shape index (κ2) is 8.97. The van der Waals surface area contributed by atoms with Crippen LogP contribution in [0.4, 0.5) is 5.69 Å². The normalized spacial score (nSPS) is 10.4. The third-order valence-electron chi connectivity index (χ3n) is 4.21. The standard InChI is InChI=1S/C22H21N3O4/c1-3-17-12-20(27)25-22(24-17)16-5-4-6-18(11-16)23-21(28)13-29-19-9-7-15(8-10-19)14(2)26/h4-12H,3,13H2,1-2H3,(H,23,28)(H,24,25,27). The molecule has 7 heteroatoms. The Kier molecular flexibility index (Phi) is 6.19. The zero-order valence-corrected chi connectivity index (χ0v) is 16.2. The van der Waals surface area contributed by atoms with Gasteiger partial charge in [-0.2, -0.15) is 0 Å². The molecule has 0 fully saturated rings. The van der Waals surface area contributed by atoms with Crippen molar-refractivity contribution in [2.75, 3.05) is 11.9 Å². The van der Waals surface area contributed by atoms with Crippen LogP contribution in [-0.4, -0.2) is 28.3 Å². The van der Waals surface area contributed by atoms with Gasteiger partial charge >= 0.3 is 0 Å². The third kappa shape index (κ3) is 5.38. The Labute approximate surface area is 167 Å². The second-order valence-corrected chi connectivity index (χ2v) is 6.44. The number of H-pyrrole nitrogens is 1. The van der Waals surface area contributed by atoms with E-state index in [4.69, 9.17) is 4.74 Å². The average Bonchev–Trinajstić information content (AvgIpc) is 2.72. The van der Waals surface area contributed by atoms with Crippen molar-refractivity contribution in [1.29, 1.82) is 0 Å². The summed E-state index contributed by atoms with van der Waals surface area (Å²) in [7, 11) is 0. The fourth-order valence-electron chi connectivity index (χ4n) is 2.70. The van der Waals surface area contributed by atoms with Crippen molar-refractivity contribution >= 4 is 17.4 Å². The number of hydrogen-bond acceptors (Lipinski definition) is 5. The zero-order chi connectivity index (χ0) is 20.8. The number of rotatable bonds is 7. The minimum Gasteiger partial charge on any atom is -0.484 e. The van der Waals surface area contributed by atoms with Gasteiger partial charge in [-0.25, -0.2) is 4.98 Å². The number of carbonyl (C=O) groups is 2. The Morgan fingerprint density at radius 2 is 1.86 bits per heavy atom. The Bertz CT molecular complexity index is 1090. The molecule has 3 aromatic rings. The fourth-order valence-corrected chi connectivity index (χ4v) is 2.70. The molecule has 29 heavy (non-hydrogen) atoms. The van der Waals surface area contributed by atoms with E-state index < -0.39 is 0 Å². The predicted molar refractivity (Wildman–Crippen MR) is 110 cm³/mol. The Morgan fingerprint density at radius 1 is 1.10 bits per heavy atom. The van der Waals surface area contributed by atoms with Crippen molar-refractivity contribution < 1.29 is 14.3 Å². The molecule has 148 valence electrons. The van der Waals surface area contributed by atoms with Crippen molar-refractivity contribution in [3.63, 3.8) is 0 Å². The molecular weight excluding hydrogens is 370 g/mol. The van der Waals surface area contributed by atoms with E-state index in [0.717, 1.165) is 0 Å². The molecule has 1 heterocycles. The number of nitrogens with zero attached hydrogens (tertiary/aromatic N) is 1. The lowest BCUT2D eigenvalue weighted by atomic mass is 10.1. The summed E-state index contributed by atoms with van der Waals surface area (Å²) >= 11 is 0. The number of Topliss-reactive ketones (excluding diaryl/α,β-unsaturated/α-hetero) is 1. The van der Waals surface area contributed by atoms with Gasteiger partial charge in [0, 0.05) is 28.6 Å². The number of aromatic nitrogens is 2. The molecule has 2 N–H and O–H groups in total. The van der Waals surface area contributed by atoms with E-state index in [0.29, 0.717) is 40.5 Å². The maximum atomic E-state index is 12.2. The lowest BCUT2D eigenvalue weighted by Crippen LogP contribution is -2.20. The molecule has 1 amide bonds. The monoisotopic (exact) mass is 391 g/mol. The van der Waals surface area contributed by atoms with Gasteiger partial charge in [0.15, 0.2) is 12.4 Å². The second-order valence-electron chi connectivity index (χ2n) is 6.44. The number of benzene rings is 2. The molecule has 1 aromatic heterocycles. The van der Waals surface area contributed by atoms with Crippen molar-refractivity contribution in [3.05, 3.63) is 76.2 Å². The summed E-state index contributed by atoms with van der Waals surface area (Å²) in [5, 5.41) is 2.76. The van der Waals surface area contributed by atoms with Gasteiger partial charge in [0.25, 0.3) is 11.5 Å². The van der Waals surface area contributed by atoms with Gasteiger partial charge in [0.1, 0.15) is 11.6 Å². The van der Waals surface area contributed by atoms with Crippen LogP contribution in [0, 0.1) is 0 Å². The molecule has 0 aliphatic heterocycles. The summed E-state index contributed by atoms with van der Waals surface area (Å²) in [4.78, 5) is 42.4. The van der Waals surface area contributed by atoms with Gasteiger partial charge < -0.3 is 15.0 Å². The lowest BCUT2D eigenvalue weighted by Gasteiger charge is -2.09. The van der Waals surface area contributed by atoms with Crippen LogP contribution in [0.3, 0.4) is 0 Å². The number of aryl methyl sites for hydroxylation is 1. The molecule has 0 aliphatic carbocycles. The summed E-state index contributed by atoms with van der Waals surface area (Å²) in [6, 6.07) is 15.1. The first-order chi connectivity index (χ1) is 13.9. The number of aromatic amines is 1. The molecule has 2 aromatic carbocycles. The number of hydrogen-bond donors (Lipinski definition) is 2. The van der Waals surface area contributed by atoms with Crippen molar-refractivity contribution in [3.8, 4) is 17.1 Å². The molecule has 0 radical (unpaired) electrons. The maximum absolute atomic E-state index is 12.2. The van der Waals surface area contributed by atoms with Crippen LogP contribution in [0.5, 0.6) is 5.75 Å². The first-order valence-corrected chi connectivity index (χ1v) is 9.19. The van der Waals surface area contributed by atoms with Crippen molar-refractivity contribution in [2.24, 2.45) is 0 Å². The molecular formula is C22H21N3O4. The van der Waals surface area contributed by atoms with Crippen molar-refractivity contribution in [2.45, 2.75) is 20.3 Å². The number of ether oxygens (including phenoxy) is 1. The highest BCUT2D eigenvalue weighted by atomic mass is 16.5.